The van der Waals surface area contributed by atoms with Crippen LogP contribution in [0.4, 0.5) is 19.3 Å². The molecule has 0 saturated carbocycles. The molecule has 1 aromatic rings. The Bertz CT molecular complexity index is 498. The van der Waals surface area contributed by atoms with E-state index < -0.39 is 17.7 Å². The standard InChI is InChI=1S/C18H28F2N2O2/c1-3-5-7-14(4-2)13-24-11-6-10-21-18(23)22-17-12-15(19)8-9-16(17)20/h8-9,12,14H,3-7,10-11,13H2,1-2H3,(H2,21,22,23). The highest BCUT2D eigenvalue weighted by molar-refractivity contribution is 5.89. The van der Waals surface area contributed by atoms with E-state index in [2.05, 4.69) is 24.5 Å². The summed E-state index contributed by atoms with van der Waals surface area (Å²) in [6, 6.07) is 2.36. The number of rotatable bonds is 11. The van der Waals surface area contributed by atoms with E-state index in [9.17, 15) is 13.6 Å². The van der Waals surface area contributed by atoms with Crippen LogP contribution in [0, 0.1) is 17.6 Å². The normalized spacial score (nSPS) is 12.0. The molecule has 0 spiro atoms. The highest BCUT2D eigenvalue weighted by Crippen LogP contribution is 2.15. The highest BCUT2D eigenvalue weighted by Gasteiger charge is 2.08. The number of hydrogen-bond donors (Lipinski definition) is 2. The molecule has 0 aliphatic carbocycles. The van der Waals surface area contributed by atoms with Crippen molar-refractivity contribution < 1.29 is 18.3 Å². The van der Waals surface area contributed by atoms with Crippen LogP contribution in [-0.4, -0.2) is 25.8 Å². The molecule has 1 aromatic carbocycles. The minimum absolute atomic E-state index is 0.175. The van der Waals surface area contributed by atoms with Gasteiger partial charge in [0.25, 0.3) is 0 Å². The summed E-state index contributed by atoms with van der Waals surface area (Å²) in [6.45, 7) is 6.07. The van der Waals surface area contributed by atoms with Crippen LogP contribution in [0.15, 0.2) is 18.2 Å². The topological polar surface area (TPSA) is 50.4 Å². The van der Waals surface area contributed by atoms with E-state index >= 15 is 0 Å². The van der Waals surface area contributed by atoms with Crippen LogP contribution in [-0.2, 0) is 4.74 Å². The van der Waals surface area contributed by atoms with E-state index in [4.69, 9.17) is 4.74 Å². The number of anilines is 1. The Balaban J connectivity index is 2.14. The Kier molecular flexibility index (Phi) is 10.00. The second kappa shape index (κ2) is 11.8. The number of halogens is 2. The van der Waals surface area contributed by atoms with E-state index in [0.717, 1.165) is 31.2 Å². The van der Waals surface area contributed by atoms with Gasteiger partial charge >= 0.3 is 6.03 Å². The lowest BCUT2D eigenvalue weighted by Gasteiger charge is -2.14. The van der Waals surface area contributed by atoms with Crippen molar-refractivity contribution in [3.8, 4) is 0 Å². The molecule has 0 fully saturated rings. The molecule has 0 aliphatic rings. The zero-order valence-corrected chi connectivity index (χ0v) is 14.5. The average Bonchev–Trinajstić information content (AvgIpc) is 2.56. The summed E-state index contributed by atoms with van der Waals surface area (Å²) in [5.41, 5.74) is -0.175. The molecule has 0 bridgehead atoms. The Labute approximate surface area is 143 Å². The van der Waals surface area contributed by atoms with Crippen molar-refractivity contribution in [2.45, 2.75) is 46.0 Å². The van der Waals surface area contributed by atoms with Crippen LogP contribution in [0.25, 0.3) is 0 Å². The summed E-state index contributed by atoms with van der Waals surface area (Å²) in [5, 5.41) is 4.88. The van der Waals surface area contributed by atoms with Crippen LogP contribution < -0.4 is 10.6 Å². The minimum atomic E-state index is -0.674. The third-order valence-electron chi connectivity index (χ3n) is 3.82. The van der Waals surface area contributed by atoms with Gasteiger partial charge in [-0.25, -0.2) is 13.6 Å². The van der Waals surface area contributed by atoms with Gasteiger partial charge in [0.2, 0.25) is 0 Å². The van der Waals surface area contributed by atoms with Crippen LogP contribution in [0.3, 0.4) is 0 Å². The third-order valence-corrected chi connectivity index (χ3v) is 3.82. The Morgan fingerprint density at radius 1 is 1.25 bits per heavy atom. The van der Waals surface area contributed by atoms with Gasteiger partial charge in [0.05, 0.1) is 5.69 Å². The van der Waals surface area contributed by atoms with Gasteiger partial charge < -0.3 is 15.4 Å². The zero-order valence-electron chi connectivity index (χ0n) is 14.5. The van der Waals surface area contributed by atoms with E-state index in [-0.39, 0.29) is 5.69 Å². The van der Waals surface area contributed by atoms with Crippen LogP contribution in [0.5, 0.6) is 0 Å². The number of nitrogens with one attached hydrogen (secondary N) is 2. The second-order valence-corrected chi connectivity index (χ2v) is 5.85. The average molecular weight is 342 g/mol. The van der Waals surface area contributed by atoms with Crippen molar-refractivity contribution >= 4 is 11.7 Å². The van der Waals surface area contributed by atoms with E-state index in [1.54, 1.807) is 0 Å². The van der Waals surface area contributed by atoms with Gasteiger partial charge in [-0.15, -0.1) is 0 Å². The van der Waals surface area contributed by atoms with Gasteiger partial charge in [-0.3, -0.25) is 0 Å². The summed E-state index contributed by atoms with van der Waals surface area (Å²) in [4.78, 5) is 11.6. The maximum absolute atomic E-state index is 13.4. The molecule has 1 rings (SSSR count). The lowest BCUT2D eigenvalue weighted by Crippen LogP contribution is -2.30. The number of benzene rings is 1. The molecule has 1 atom stereocenters. The van der Waals surface area contributed by atoms with Gasteiger partial charge in [-0.1, -0.05) is 33.1 Å². The van der Waals surface area contributed by atoms with Crippen LogP contribution >= 0.6 is 0 Å². The first-order chi connectivity index (χ1) is 11.6. The van der Waals surface area contributed by atoms with Gasteiger partial charge in [-0.2, -0.15) is 0 Å². The molecule has 4 nitrogen and oxygen atoms in total. The van der Waals surface area contributed by atoms with Crippen molar-refractivity contribution in [1.29, 1.82) is 0 Å². The fourth-order valence-corrected chi connectivity index (χ4v) is 2.28. The van der Waals surface area contributed by atoms with Crippen molar-refractivity contribution in [1.82, 2.24) is 5.32 Å². The zero-order chi connectivity index (χ0) is 17.8. The van der Waals surface area contributed by atoms with Gasteiger partial charge in [0.15, 0.2) is 0 Å². The summed E-state index contributed by atoms with van der Waals surface area (Å²) in [7, 11) is 0. The smallest absolute Gasteiger partial charge is 0.319 e. The first-order valence-corrected chi connectivity index (χ1v) is 8.64. The summed E-state index contributed by atoms with van der Waals surface area (Å²) in [6.07, 6.45) is 5.39. The molecule has 0 saturated heterocycles. The van der Waals surface area contributed by atoms with E-state index in [1.807, 2.05) is 0 Å². The molecule has 1 unspecified atom stereocenters. The number of carbonyl (C=O) groups is 1. The lowest BCUT2D eigenvalue weighted by molar-refractivity contribution is 0.0925. The largest absolute Gasteiger partial charge is 0.381 e. The SMILES string of the molecule is CCCCC(CC)COCCCNC(=O)Nc1cc(F)ccc1F. The van der Waals surface area contributed by atoms with Crippen LogP contribution in [0.2, 0.25) is 0 Å². The Hall–Kier alpha value is -1.69. The van der Waals surface area contributed by atoms with Crippen molar-refractivity contribution in [2.75, 3.05) is 25.1 Å². The molecule has 2 N–H and O–H groups in total. The van der Waals surface area contributed by atoms with E-state index in [0.29, 0.717) is 25.5 Å². The summed E-state index contributed by atoms with van der Waals surface area (Å²) >= 11 is 0. The number of ether oxygens (including phenoxy) is 1. The Morgan fingerprint density at radius 2 is 2.04 bits per heavy atom. The quantitative estimate of drug-likeness (QED) is 0.572. The highest BCUT2D eigenvalue weighted by atomic mass is 19.1. The van der Waals surface area contributed by atoms with Crippen LogP contribution in [0.1, 0.15) is 46.0 Å². The van der Waals surface area contributed by atoms with Crippen molar-refractivity contribution in [3.63, 3.8) is 0 Å². The summed E-state index contributed by atoms with van der Waals surface area (Å²) in [5.74, 6) is -0.682. The van der Waals surface area contributed by atoms with Gasteiger partial charge in [-0.05, 0) is 30.9 Å². The molecule has 24 heavy (non-hydrogen) atoms. The number of amides is 2. The molecule has 0 aromatic heterocycles. The van der Waals surface area contributed by atoms with Gasteiger partial charge in [0.1, 0.15) is 11.6 Å². The molecule has 0 heterocycles. The predicted octanol–water partition coefficient (Wildman–Crippen LogP) is 4.71. The number of unbranched alkanes of at least 4 members (excludes halogenated alkanes) is 1. The maximum Gasteiger partial charge on any atom is 0.319 e. The fourth-order valence-electron chi connectivity index (χ4n) is 2.28. The lowest BCUT2D eigenvalue weighted by atomic mass is 10.0. The van der Waals surface area contributed by atoms with Crippen molar-refractivity contribution in [3.05, 3.63) is 29.8 Å². The van der Waals surface area contributed by atoms with E-state index in [1.165, 1.54) is 19.3 Å². The third kappa shape index (κ3) is 8.24. The molecule has 0 radical (unpaired) electrons. The fraction of sp³-hybridized carbons (Fsp3) is 0.611. The number of carbonyl (C=O) groups excluding carboxylic acids is 1. The second-order valence-electron chi connectivity index (χ2n) is 5.85. The first-order valence-electron chi connectivity index (χ1n) is 8.64. The van der Waals surface area contributed by atoms with Crippen molar-refractivity contribution in [2.24, 2.45) is 5.92 Å². The minimum Gasteiger partial charge on any atom is -0.381 e. The maximum atomic E-state index is 13.4. The molecule has 6 heteroatoms. The number of urea groups is 1. The Morgan fingerprint density at radius 3 is 2.75 bits per heavy atom. The number of hydrogen-bond acceptors (Lipinski definition) is 2. The van der Waals surface area contributed by atoms with Gasteiger partial charge in [0, 0.05) is 25.8 Å². The molecule has 2 amide bonds. The molecule has 136 valence electrons. The first kappa shape index (κ1) is 20.4. The molecular formula is C18H28F2N2O2. The molecule has 0 aliphatic heterocycles. The monoisotopic (exact) mass is 342 g/mol. The summed E-state index contributed by atoms with van der Waals surface area (Å²) < 4.78 is 32.0. The predicted molar refractivity (Wildman–Crippen MR) is 92.1 cm³/mol. The molecular weight excluding hydrogens is 314 g/mol.